The van der Waals surface area contributed by atoms with Gasteiger partial charge in [0.25, 0.3) is 0 Å². The number of carbonyl (C=O) groups is 1. The van der Waals surface area contributed by atoms with Gasteiger partial charge in [-0.2, -0.15) is 5.10 Å². The second kappa shape index (κ2) is 9.52. The number of aryl methyl sites for hydroxylation is 1. The van der Waals surface area contributed by atoms with Gasteiger partial charge in [0.1, 0.15) is 11.5 Å². The van der Waals surface area contributed by atoms with Crippen LogP contribution in [0.3, 0.4) is 0 Å². The molecule has 3 aliphatic rings. The van der Waals surface area contributed by atoms with Crippen molar-refractivity contribution < 1.29 is 27.8 Å². The normalized spacial score (nSPS) is 22.7. The van der Waals surface area contributed by atoms with E-state index in [0.717, 1.165) is 31.2 Å². The first-order valence-corrected chi connectivity index (χ1v) is 12.8. The van der Waals surface area contributed by atoms with Crippen LogP contribution in [0.25, 0.3) is 5.69 Å². The monoisotopic (exact) mass is 511 g/mol. The molecule has 2 saturated carbocycles. The number of piperidine rings is 1. The van der Waals surface area contributed by atoms with Crippen molar-refractivity contribution in [2.24, 2.45) is 5.92 Å². The van der Waals surface area contributed by atoms with E-state index in [4.69, 9.17) is 9.84 Å². The minimum absolute atomic E-state index is 0.0278. The first-order valence-electron chi connectivity index (χ1n) is 12.8. The van der Waals surface area contributed by atoms with Crippen LogP contribution in [0.2, 0.25) is 0 Å². The number of benzene rings is 2. The summed E-state index contributed by atoms with van der Waals surface area (Å²) in [6.45, 7) is 0.873. The summed E-state index contributed by atoms with van der Waals surface area (Å²) >= 11 is 0. The van der Waals surface area contributed by atoms with Gasteiger partial charge in [-0.05, 0) is 73.4 Å². The van der Waals surface area contributed by atoms with E-state index in [0.29, 0.717) is 35.8 Å². The number of nitrogens with zero attached hydrogens (tertiary/aromatic N) is 3. The fourth-order valence-corrected chi connectivity index (χ4v) is 5.93. The van der Waals surface area contributed by atoms with Crippen LogP contribution in [0.1, 0.15) is 54.8 Å². The summed E-state index contributed by atoms with van der Waals surface area (Å²) in [4.78, 5) is 12.9. The van der Waals surface area contributed by atoms with Gasteiger partial charge in [0, 0.05) is 24.9 Å². The maximum Gasteiger partial charge on any atom is 0.303 e. The van der Waals surface area contributed by atoms with Crippen molar-refractivity contribution in [3.63, 3.8) is 0 Å². The Kier molecular flexibility index (Phi) is 6.18. The standard InChI is InChI=1S/C28H28F3N3O3/c29-21-2-1-3-22(30)28(21)34-25(20(13-32-34)17-6-7-17)15-37-26-12-19-11-18(26)14-33(19)24-8-4-16(10-23(24)31)5-9-27(35)36/h1-4,8,10,13,17-19,26H,5-7,9,11-12,14-15H2,(H,35,36)/t18-,19-,26+/m0/s1. The molecule has 194 valence electrons. The van der Waals surface area contributed by atoms with Crippen LogP contribution in [-0.2, 0) is 22.6 Å². The van der Waals surface area contributed by atoms with Crippen LogP contribution < -0.4 is 4.90 Å². The van der Waals surface area contributed by atoms with Crippen LogP contribution in [0.15, 0.2) is 42.6 Å². The topological polar surface area (TPSA) is 67.6 Å². The van der Waals surface area contributed by atoms with Gasteiger partial charge >= 0.3 is 5.97 Å². The third-order valence-corrected chi connectivity index (χ3v) is 7.93. The number of hydrogen-bond acceptors (Lipinski definition) is 4. The zero-order valence-electron chi connectivity index (χ0n) is 20.2. The second-order valence-corrected chi connectivity index (χ2v) is 10.4. The molecule has 2 aromatic carbocycles. The number of ether oxygens (including phenoxy) is 1. The largest absolute Gasteiger partial charge is 0.481 e. The van der Waals surface area contributed by atoms with Crippen molar-refractivity contribution in [1.29, 1.82) is 0 Å². The molecule has 3 atom stereocenters. The molecule has 2 bridgehead atoms. The predicted molar refractivity (Wildman–Crippen MR) is 130 cm³/mol. The molecule has 3 fully saturated rings. The molecule has 1 N–H and O–H groups in total. The molecule has 6 nitrogen and oxygen atoms in total. The Bertz CT molecular complexity index is 1320. The van der Waals surface area contributed by atoms with Crippen molar-refractivity contribution in [3.05, 3.63) is 76.9 Å². The number of para-hydroxylation sites is 1. The lowest BCUT2D eigenvalue weighted by atomic mass is 10.0. The average molecular weight is 512 g/mol. The van der Waals surface area contributed by atoms with E-state index in [2.05, 4.69) is 10.00 Å². The molecule has 0 radical (unpaired) electrons. The summed E-state index contributed by atoms with van der Waals surface area (Å²) in [6, 6.07) is 8.90. The van der Waals surface area contributed by atoms with Crippen molar-refractivity contribution in [2.45, 2.75) is 63.2 Å². The predicted octanol–water partition coefficient (Wildman–Crippen LogP) is 5.37. The van der Waals surface area contributed by atoms with Crippen LogP contribution >= 0.6 is 0 Å². The van der Waals surface area contributed by atoms with E-state index in [1.165, 1.54) is 28.9 Å². The summed E-state index contributed by atoms with van der Waals surface area (Å²) in [6.07, 6.45) is 5.63. The minimum Gasteiger partial charge on any atom is -0.481 e. The zero-order valence-corrected chi connectivity index (χ0v) is 20.2. The summed E-state index contributed by atoms with van der Waals surface area (Å²) in [5.74, 6) is -2.01. The highest BCUT2D eigenvalue weighted by Crippen LogP contribution is 2.45. The minimum atomic E-state index is -0.904. The Morgan fingerprint density at radius 1 is 1.08 bits per heavy atom. The summed E-state index contributed by atoms with van der Waals surface area (Å²) < 4.78 is 51.7. The summed E-state index contributed by atoms with van der Waals surface area (Å²) in [5, 5.41) is 13.2. The molecule has 0 spiro atoms. The SMILES string of the molecule is O=C(O)CCc1ccc(N2C[C@@H]3C[C@H]2C[C@H]3OCc2c(C3CC3)cnn2-c2c(F)cccc2F)c(F)c1. The van der Waals surface area contributed by atoms with E-state index in [9.17, 15) is 18.0 Å². The molecule has 2 aliphatic carbocycles. The van der Waals surface area contributed by atoms with Gasteiger partial charge < -0.3 is 14.7 Å². The molecular formula is C28H28F3N3O3. The fourth-order valence-electron chi connectivity index (χ4n) is 5.93. The lowest BCUT2D eigenvalue weighted by Gasteiger charge is -2.33. The molecule has 1 saturated heterocycles. The van der Waals surface area contributed by atoms with Gasteiger partial charge in [0.15, 0.2) is 11.6 Å². The molecule has 3 aromatic rings. The number of fused-ring (bicyclic) bond motifs is 2. The molecule has 9 heteroatoms. The van der Waals surface area contributed by atoms with Crippen molar-refractivity contribution in [2.75, 3.05) is 11.4 Å². The Morgan fingerprint density at radius 3 is 2.51 bits per heavy atom. The van der Waals surface area contributed by atoms with E-state index in [1.807, 2.05) is 0 Å². The van der Waals surface area contributed by atoms with Crippen LogP contribution in [0.4, 0.5) is 18.9 Å². The number of carboxylic acids is 1. The van der Waals surface area contributed by atoms with E-state index < -0.39 is 17.6 Å². The molecule has 6 rings (SSSR count). The maximum absolute atomic E-state index is 14.9. The van der Waals surface area contributed by atoms with E-state index >= 15 is 0 Å². The van der Waals surface area contributed by atoms with Gasteiger partial charge in [-0.1, -0.05) is 12.1 Å². The fraction of sp³-hybridized carbons (Fsp3) is 0.429. The van der Waals surface area contributed by atoms with Gasteiger partial charge in [0.2, 0.25) is 0 Å². The molecule has 37 heavy (non-hydrogen) atoms. The van der Waals surface area contributed by atoms with Crippen molar-refractivity contribution in [1.82, 2.24) is 9.78 Å². The van der Waals surface area contributed by atoms with E-state index in [-0.39, 0.29) is 42.6 Å². The van der Waals surface area contributed by atoms with E-state index in [1.54, 1.807) is 18.3 Å². The Labute approximate surface area is 212 Å². The number of hydrogen-bond donors (Lipinski definition) is 1. The van der Waals surface area contributed by atoms with Crippen molar-refractivity contribution >= 4 is 11.7 Å². The number of aromatic nitrogens is 2. The average Bonchev–Trinajstić information content (AvgIpc) is 3.32. The van der Waals surface area contributed by atoms with Crippen LogP contribution in [0.5, 0.6) is 0 Å². The molecule has 0 amide bonds. The van der Waals surface area contributed by atoms with Crippen molar-refractivity contribution in [3.8, 4) is 5.69 Å². The van der Waals surface area contributed by atoms with Gasteiger partial charge in [-0.15, -0.1) is 0 Å². The first-order chi connectivity index (χ1) is 17.9. The Balaban J connectivity index is 1.15. The van der Waals surface area contributed by atoms with Crippen LogP contribution in [0, 0.1) is 23.4 Å². The summed E-state index contributed by atoms with van der Waals surface area (Å²) in [7, 11) is 0. The zero-order chi connectivity index (χ0) is 25.7. The number of aliphatic carboxylic acids is 1. The number of halogens is 3. The van der Waals surface area contributed by atoms with Gasteiger partial charge in [-0.25, -0.2) is 17.9 Å². The number of carboxylic acid groups (broad SMARTS) is 1. The lowest BCUT2D eigenvalue weighted by molar-refractivity contribution is -0.136. The molecule has 2 heterocycles. The highest BCUT2D eigenvalue weighted by Gasteiger charge is 2.46. The Morgan fingerprint density at radius 2 is 1.86 bits per heavy atom. The highest BCUT2D eigenvalue weighted by atomic mass is 19.1. The molecule has 0 unspecified atom stereocenters. The summed E-state index contributed by atoms with van der Waals surface area (Å²) in [5.41, 5.74) is 2.69. The van der Waals surface area contributed by atoms with Gasteiger partial charge in [0.05, 0.1) is 30.3 Å². The quantitative estimate of drug-likeness (QED) is 0.419. The third kappa shape index (κ3) is 4.61. The van der Waals surface area contributed by atoms with Crippen LogP contribution in [-0.4, -0.2) is 39.5 Å². The smallest absolute Gasteiger partial charge is 0.303 e. The number of anilines is 1. The number of rotatable bonds is 9. The maximum atomic E-state index is 14.9. The molecular weight excluding hydrogens is 483 g/mol. The molecule has 1 aliphatic heterocycles. The first kappa shape index (κ1) is 24.0. The highest BCUT2D eigenvalue weighted by molar-refractivity contribution is 5.67. The Hall–Kier alpha value is -3.33. The third-order valence-electron chi connectivity index (χ3n) is 7.93. The van der Waals surface area contributed by atoms with Gasteiger partial charge in [-0.3, -0.25) is 4.79 Å². The molecule has 1 aromatic heterocycles. The second-order valence-electron chi connectivity index (χ2n) is 10.4. The lowest BCUT2D eigenvalue weighted by Crippen LogP contribution is -2.39.